The summed E-state index contributed by atoms with van der Waals surface area (Å²) in [7, 11) is 1.60. The lowest BCUT2D eigenvalue weighted by Crippen LogP contribution is -2.40. The van der Waals surface area contributed by atoms with Crippen molar-refractivity contribution in [1.29, 1.82) is 0 Å². The second kappa shape index (κ2) is 7.19. The maximum Gasteiger partial charge on any atom is 0.327 e. The third-order valence-corrected chi connectivity index (χ3v) is 4.41. The molecule has 24 heavy (non-hydrogen) atoms. The summed E-state index contributed by atoms with van der Waals surface area (Å²) in [5, 5.41) is 10.1. The van der Waals surface area contributed by atoms with E-state index >= 15 is 0 Å². The molecule has 2 saturated heterocycles. The average molecular weight is 334 g/mol. The van der Waals surface area contributed by atoms with Crippen molar-refractivity contribution in [2.75, 3.05) is 26.8 Å². The van der Waals surface area contributed by atoms with Crippen LogP contribution in [0.2, 0.25) is 0 Å². The minimum absolute atomic E-state index is 0.0206. The van der Waals surface area contributed by atoms with Gasteiger partial charge in [-0.25, -0.2) is 4.79 Å². The van der Waals surface area contributed by atoms with Crippen molar-refractivity contribution in [3.8, 4) is 5.75 Å². The van der Waals surface area contributed by atoms with Gasteiger partial charge in [0.1, 0.15) is 11.8 Å². The van der Waals surface area contributed by atoms with Crippen LogP contribution in [0.25, 0.3) is 0 Å². The summed E-state index contributed by atoms with van der Waals surface area (Å²) in [6.07, 6.45) is 0.686. The molecule has 0 unspecified atom stereocenters. The highest BCUT2D eigenvalue weighted by atomic mass is 16.5. The third-order valence-electron chi connectivity index (χ3n) is 4.41. The van der Waals surface area contributed by atoms with E-state index in [0.29, 0.717) is 19.6 Å². The van der Waals surface area contributed by atoms with Crippen LogP contribution in [-0.2, 0) is 16.1 Å². The number of benzene rings is 1. The number of urea groups is 1. The highest BCUT2D eigenvalue weighted by Crippen LogP contribution is 2.27. The summed E-state index contributed by atoms with van der Waals surface area (Å²) in [4.78, 5) is 27.1. The van der Waals surface area contributed by atoms with Crippen LogP contribution < -0.4 is 4.74 Å². The smallest absolute Gasteiger partial charge is 0.327 e. The number of ether oxygens (including phenoxy) is 2. The number of aliphatic hydroxyl groups is 1. The van der Waals surface area contributed by atoms with E-state index in [4.69, 9.17) is 9.47 Å². The molecule has 2 atom stereocenters. The number of imide groups is 1. The predicted octanol–water partition coefficient (Wildman–Crippen LogP) is 0.999. The van der Waals surface area contributed by atoms with Gasteiger partial charge in [-0.3, -0.25) is 9.69 Å². The molecule has 7 nitrogen and oxygen atoms in total. The van der Waals surface area contributed by atoms with Crippen molar-refractivity contribution in [3.05, 3.63) is 29.8 Å². The lowest BCUT2D eigenvalue weighted by molar-refractivity contribution is -0.129. The topological polar surface area (TPSA) is 79.3 Å². The zero-order valence-electron chi connectivity index (χ0n) is 13.7. The summed E-state index contributed by atoms with van der Waals surface area (Å²) in [5.74, 6) is 0.567. The van der Waals surface area contributed by atoms with Crippen molar-refractivity contribution in [2.45, 2.75) is 31.6 Å². The van der Waals surface area contributed by atoms with Crippen molar-refractivity contribution in [3.63, 3.8) is 0 Å². The van der Waals surface area contributed by atoms with Gasteiger partial charge < -0.3 is 19.5 Å². The molecule has 1 aromatic carbocycles. The molecule has 0 saturated carbocycles. The predicted molar refractivity (Wildman–Crippen MR) is 85.5 cm³/mol. The molecule has 0 bridgehead atoms. The summed E-state index contributed by atoms with van der Waals surface area (Å²) in [5.41, 5.74) is 0.956. The Labute approximate surface area is 140 Å². The number of β-amino-alcohol motifs (C(OH)–C–C–N with tert-alkyl or cyclic N) is 1. The molecule has 3 rings (SSSR count). The quantitative estimate of drug-likeness (QED) is 0.753. The van der Waals surface area contributed by atoms with E-state index in [1.807, 2.05) is 24.3 Å². The van der Waals surface area contributed by atoms with E-state index in [1.54, 1.807) is 12.0 Å². The van der Waals surface area contributed by atoms with E-state index in [1.165, 1.54) is 0 Å². The van der Waals surface area contributed by atoms with Gasteiger partial charge in [-0.15, -0.1) is 0 Å². The summed E-state index contributed by atoms with van der Waals surface area (Å²) in [6, 6.07) is 6.82. The van der Waals surface area contributed by atoms with Gasteiger partial charge in [-0.05, 0) is 30.5 Å². The van der Waals surface area contributed by atoms with Crippen molar-refractivity contribution in [2.24, 2.45) is 0 Å². The first-order valence-corrected chi connectivity index (χ1v) is 8.11. The summed E-state index contributed by atoms with van der Waals surface area (Å²) in [6.45, 7) is 1.01. The Morgan fingerprint density at radius 1 is 1.29 bits per heavy atom. The lowest BCUT2D eigenvalue weighted by Gasteiger charge is -2.19. The van der Waals surface area contributed by atoms with E-state index in [-0.39, 0.29) is 31.1 Å². The highest BCUT2D eigenvalue weighted by molar-refractivity contribution is 6.04. The molecule has 2 heterocycles. The van der Waals surface area contributed by atoms with Gasteiger partial charge in [-0.1, -0.05) is 12.1 Å². The molecule has 1 N–H and O–H groups in total. The van der Waals surface area contributed by atoms with Crippen LogP contribution >= 0.6 is 0 Å². The number of carbonyl (C=O) groups is 2. The molecular weight excluding hydrogens is 312 g/mol. The van der Waals surface area contributed by atoms with E-state index in [9.17, 15) is 14.7 Å². The Morgan fingerprint density at radius 3 is 2.71 bits per heavy atom. The van der Waals surface area contributed by atoms with Crippen molar-refractivity contribution in [1.82, 2.24) is 9.80 Å². The monoisotopic (exact) mass is 334 g/mol. The van der Waals surface area contributed by atoms with Gasteiger partial charge in [0.05, 0.1) is 33.0 Å². The third kappa shape index (κ3) is 3.37. The first-order valence-electron chi connectivity index (χ1n) is 8.11. The Hall–Kier alpha value is -2.12. The van der Waals surface area contributed by atoms with Crippen LogP contribution in [0.3, 0.4) is 0 Å². The largest absolute Gasteiger partial charge is 0.497 e. The first kappa shape index (κ1) is 16.7. The Morgan fingerprint density at radius 2 is 2.04 bits per heavy atom. The number of fused-ring (bicyclic) bond motifs is 1. The maximum atomic E-state index is 12.2. The second-order valence-electron chi connectivity index (χ2n) is 6.10. The minimum Gasteiger partial charge on any atom is -0.497 e. The number of hydrogen-bond donors (Lipinski definition) is 1. The zero-order chi connectivity index (χ0) is 17.1. The fourth-order valence-corrected chi connectivity index (χ4v) is 3.15. The van der Waals surface area contributed by atoms with Crippen LogP contribution in [-0.4, -0.2) is 65.8 Å². The maximum absolute atomic E-state index is 12.2. The van der Waals surface area contributed by atoms with Gasteiger partial charge in [-0.2, -0.15) is 0 Å². The first-order chi connectivity index (χ1) is 11.6. The highest BCUT2D eigenvalue weighted by Gasteiger charge is 2.47. The van der Waals surface area contributed by atoms with Crippen LogP contribution in [0.15, 0.2) is 24.3 Å². The molecule has 1 aromatic rings. The summed E-state index contributed by atoms with van der Waals surface area (Å²) >= 11 is 0. The number of methoxy groups -OCH3 is 1. The van der Waals surface area contributed by atoms with E-state index < -0.39 is 6.10 Å². The molecule has 0 aromatic heterocycles. The van der Waals surface area contributed by atoms with Crippen LogP contribution in [0.5, 0.6) is 5.75 Å². The van der Waals surface area contributed by atoms with Gasteiger partial charge in [0.2, 0.25) is 0 Å². The van der Waals surface area contributed by atoms with Crippen molar-refractivity contribution < 1.29 is 24.2 Å². The lowest BCUT2D eigenvalue weighted by atomic mass is 10.2. The van der Waals surface area contributed by atoms with Gasteiger partial charge in [0.15, 0.2) is 0 Å². The van der Waals surface area contributed by atoms with Crippen LogP contribution in [0.1, 0.15) is 18.4 Å². The molecule has 7 heteroatoms. The molecule has 0 aliphatic carbocycles. The number of nitrogens with zero attached hydrogens (tertiary/aromatic N) is 2. The molecule has 0 spiro atoms. The number of hydrogen-bond acceptors (Lipinski definition) is 5. The minimum atomic E-state index is -0.892. The van der Waals surface area contributed by atoms with E-state index in [2.05, 4.69) is 0 Å². The van der Waals surface area contributed by atoms with Crippen LogP contribution in [0, 0.1) is 0 Å². The number of carbonyl (C=O) groups excluding carboxylic acids is 2. The Bertz CT molecular complexity index is 582. The number of rotatable bonds is 7. The average Bonchev–Trinajstić information content (AvgIpc) is 3.15. The number of amides is 3. The molecule has 2 aliphatic heterocycles. The van der Waals surface area contributed by atoms with E-state index in [0.717, 1.165) is 22.6 Å². The van der Waals surface area contributed by atoms with Gasteiger partial charge >= 0.3 is 6.03 Å². The molecular formula is C17H22N2O5. The molecule has 130 valence electrons. The van der Waals surface area contributed by atoms with Crippen molar-refractivity contribution >= 4 is 11.9 Å². The number of aliphatic hydroxyl groups excluding tert-OH is 1. The fraction of sp³-hybridized carbons (Fsp3) is 0.529. The summed E-state index contributed by atoms with van der Waals surface area (Å²) < 4.78 is 10.6. The van der Waals surface area contributed by atoms with Gasteiger partial charge in [0.25, 0.3) is 5.91 Å². The zero-order valence-corrected chi connectivity index (χ0v) is 13.7. The normalized spacial score (nSPS) is 21.3. The molecule has 2 fully saturated rings. The molecule has 0 radical (unpaired) electrons. The van der Waals surface area contributed by atoms with Crippen LogP contribution in [0.4, 0.5) is 4.79 Å². The Balaban J connectivity index is 1.45. The molecule has 3 amide bonds. The Kier molecular flexibility index (Phi) is 5.01. The second-order valence-corrected chi connectivity index (χ2v) is 6.10. The standard InChI is InChI=1S/C17H22N2O5/c1-23-14-6-4-12(5-7-14)10-24-11-13(20)9-19-16(21)15-3-2-8-18(15)17(19)22/h4-7,13,15,20H,2-3,8-11H2,1H3/t13-,15+/m1/s1. The SMILES string of the molecule is COc1ccc(COC[C@H](O)CN2C(=O)[C@@H]3CCCN3C2=O)cc1. The van der Waals surface area contributed by atoms with Gasteiger partial charge in [0, 0.05) is 6.54 Å². The fourth-order valence-electron chi connectivity index (χ4n) is 3.15. The molecule has 2 aliphatic rings.